The van der Waals surface area contributed by atoms with Crippen LogP contribution in [-0.4, -0.2) is 0 Å². The smallest absolute Gasteiger partial charge is 0.00117 e. The van der Waals surface area contributed by atoms with Crippen molar-refractivity contribution in [3.8, 4) is 0 Å². The fourth-order valence-electron chi connectivity index (χ4n) is 3.08. The molecule has 2 rings (SSSR count). The zero-order chi connectivity index (χ0) is 12.5. The Hall–Kier alpha value is -1.17. The summed E-state index contributed by atoms with van der Waals surface area (Å²) in [5, 5.41) is 0. The van der Waals surface area contributed by atoms with Crippen LogP contribution in [0.5, 0.6) is 0 Å². The van der Waals surface area contributed by atoms with Crippen LogP contribution in [-0.2, 0) is 11.8 Å². The van der Waals surface area contributed by atoms with Crippen LogP contribution in [0, 0.1) is 5.92 Å². The van der Waals surface area contributed by atoms with Gasteiger partial charge in [-0.15, -0.1) is 0 Å². The van der Waals surface area contributed by atoms with E-state index in [1.54, 1.807) is 5.57 Å². The van der Waals surface area contributed by atoms with Crippen LogP contribution in [0.4, 0.5) is 0 Å². The maximum absolute atomic E-state index is 2.36. The van der Waals surface area contributed by atoms with Gasteiger partial charge in [0.1, 0.15) is 0 Å². The third kappa shape index (κ3) is 2.01. The van der Waals surface area contributed by atoms with Gasteiger partial charge < -0.3 is 0 Å². The van der Waals surface area contributed by atoms with Crippen LogP contribution in [0.2, 0.25) is 0 Å². The van der Waals surface area contributed by atoms with E-state index < -0.39 is 0 Å². The Morgan fingerprint density at radius 3 is 2.71 bits per heavy atom. The fourth-order valence-corrected chi connectivity index (χ4v) is 3.08. The summed E-state index contributed by atoms with van der Waals surface area (Å²) in [5.41, 5.74) is 4.74. The Balaban J connectivity index is 2.37. The van der Waals surface area contributed by atoms with Crippen molar-refractivity contribution < 1.29 is 0 Å². The molecule has 1 aromatic rings. The molecule has 0 aliphatic heterocycles. The zero-order valence-corrected chi connectivity index (χ0v) is 11.5. The molecule has 1 aliphatic rings. The molecular formula is C17H23-. The van der Waals surface area contributed by atoms with Crippen molar-refractivity contribution in [3.05, 3.63) is 53.1 Å². The van der Waals surface area contributed by atoms with Crippen molar-refractivity contribution >= 4 is 0 Å². The molecule has 0 N–H and O–H groups in total. The van der Waals surface area contributed by atoms with E-state index in [1.165, 1.54) is 17.5 Å². The minimum Gasteiger partial charge on any atom is -0.210 e. The Labute approximate surface area is 105 Å². The van der Waals surface area contributed by atoms with E-state index in [1.807, 2.05) is 0 Å². The lowest BCUT2D eigenvalue weighted by atomic mass is 9.72. The van der Waals surface area contributed by atoms with E-state index in [2.05, 4.69) is 64.1 Å². The molecule has 1 unspecified atom stereocenters. The number of hydrogen-bond donors (Lipinski definition) is 0. The normalized spacial score (nSPS) is 19.8. The van der Waals surface area contributed by atoms with E-state index in [4.69, 9.17) is 0 Å². The second-order valence-electron chi connectivity index (χ2n) is 5.46. The predicted molar refractivity (Wildman–Crippen MR) is 75.4 cm³/mol. The topological polar surface area (TPSA) is 0 Å². The highest BCUT2D eigenvalue weighted by molar-refractivity contribution is 5.46. The molecule has 0 bridgehead atoms. The second-order valence-corrected chi connectivity index (χ2v) is 5.46. The van der Waals surface area contributed by atoms with E-state index in [9.17, 15) is 0 Å². The zero-order valence-electron chi connectivity index (χ0n) is 11.5. The summed E-state index contributed by atoms with van der Waals surface area (Å²) in [7, 11) is 0. The summed E-state index contributed by atoms with van der Waals surface area (Å²) >= 11 is 0. The van der Waals surface area contributed by atoms with Gasteiger partial charge in [-0.1, -0.05) is 57.9 Å². The lowest BCUT2D eigenvalue weighted by Gasteiger charge is -2.35. The van der Waals surface area contributed by atoms with Gasteiger partial charge in [0.2, 0.25) is 0 Å². The van der Waals surface area contributed by atoms with Gasteiger partial charge in [0.05, 0.1) is 0 Å². The number of hydrogen-bond acceptors (Lipinski definition) is 0. The van der Waals surface area contributed by atoms with Crippen molar-refractivity contribution in [3.63, 3.8) is 0 Å². The first-order valence-electron chi connectivity index (χ1n) is 6.75. The summed E-state index contributed by atoms with van der Waals surface area (Å²) in [6.07, 6.45) is 9.21. The maximum Gasteiger partial charge on any atom is -0.00117 e. The highest BCUT2D eigenvalue weighted by atomic mass is 14.4. The third-order valence-corrected chi connectivity index (χ3v) is 4.14. The van der Waals surface area contributed by atoms with Crippen LogP contribution in [0.3, 0.4) is 0 Å². The molecule has 0 heteroatoms. The van der Waals surface area contributed by atoms with Crippen LogP contribution in [0.1, 0.15) is 45.2 Å². The highest BCUT2D eigenvalue weighted by Crippen LogP contribution is 2.41. The first-order chi connectivity index (χ1) is 8.11. The standard InChI is InChI=1S/C17H23/c1-5-13-9-7-11-15(13)17(3,4)16-12-8-10-14(16)6-2/h7-13H,5-6H2,1-4H3/q-1. The number of aryl methyl sites for hydroxylation is 1. The van der Waals surface area contributed by atoms with E-state index in [0.29, 0.717) is 5.92 Å². The van der Waals surface area contributed by atoms with Crippen molar-refractivity contribution in [1.82, 2.24) is 0 Å². The molecule has 0 aromatic heterocycles. The molecular weight excluding hydrogens is 204 g/mol. The predicted octanol–water partition coefficient (Wildman–Crippen LogP) is 4.77. The Morgan fingerprint density at radius 2 is 2.06 bits per heavy atom. The Morgan fingerprint density at radius 1 is 1.29 bits per heavy atom. The Bertz CT molecular complexity index is 440. The number of rotatable bonds is 4. The summed E-state index contributed by atoms with van der Waals surface area (Å²) in [6, 6.07) is 6.76. The lowest BCUT2D eigenvalue weighted by molar-refractivity contribution is 0.540. The van der Waals surface area contributed by atoms with Crippen molar-refractivity contribution in [1.29, 1.82) is 0 Å². The molecule has 0 heterocycles. The monoisotopic (exact) mass is 227 g/mol. The molecule has 0 radical (unpaired) electrons. The third-order valence-electron chi connectivity index (χ3n) is 4.14. The van der Waals surface area contributed by atoms with E-state index in [0.717, 1.165) is 6.42 Å². The van der Waals surface area contributed by atoms with Gasteiger partial charge in [0.25, 0.3) is 0 Å². The first kappa shape index (κ1) is 12.3. The van der Waals surface area contributed by atoms with Gasteiger partial charge >= 0.3 is 0 Å². The van der Waals surface area contributed by atoms with Gasteiger partial charge in [0.15, 0.2) is 0 Å². The Kier molecular flexibility index (Phi) is 3.33. The van der Waals surface area contributed by atoms with Crippen LogP contribution in [0.15, 0.2) is 42.0 Å². The maximum atomic E-state index is 2.36. The number of allylic oxidation sites excluding steroid dienone is 4. The van der Waals surface area contributed by atoms with Gasteiger partial charge in [-0.2, -0.15) is 23.3 Å². The largest absolute Gasteiger partial charge is 0.210 e. The molecule has 17 heavy (non-hydrogen) atoms. The average Bonchev–Trinajstić information content (AvgIpc) is 2.97. The molecule has 0 nitrogen and oxygen atoms in total. The molecule has 0 saturated carbocycles. The van der Waals surface area contributed by atoms with Crippen LogP contribution < -0.4 is 0 Å². The summed E-state index contributed by atoms with van der Waals surface area (Å²) < 4.78 is 0. The molecule has 0 amide bonds. The van der Waals surface area contributed by atoms with Gasteiger partial charge in [0, 0.05) is 0 Å². The summed E-state index contributed by atoms with van der Waals surface area (Å²) in [4.78, 5) is 0. The molecule has 92 valence electrons. The minimum atomic E-state index is 0.166. The average molecular weight is 227 g/mol. The molecule has 1 atom stereocenters. The highest BCUT2D eigenvalue weighted by Gasteiger charge is 2.29. The van der Waals surface area contributed by atoms with Crippen molar-refractivity contribution in [2.45, 2.75) is 46.0 Å². The van der Waals surface area contributed by atoms with Gasteiger partial charge in [-0.25, -0.2) is 6.07 Å². The first-order valence-corrected chi connectivity index (χ1v) is 6.75. The van der Waals surface area contributed by atoms with Crippen molar-refractivity contribution in [2.24, 2.45) is 5.92 Å². The van der Waals surface area contributed by atoms with Crippen LogP contribution in [0.25, 0.3) is 0 Å². The SMILES string of the molecule is CCc1cc[cH-]c1C(C)(C)C1=CC=CC1CC. The van der Waals surface area contributed by atoms with E-state index >= 15 is 0 Å². The molecule has 0 fully saturated rings. The second kappa shape index (κ2) is 4.60. The lowest BCUT2D eigenvalue weighted by Crippen LogP contribution is -2.24. The summed E-state index contributed by atoms with van der Waals surface area (Å²) in [5.74, 6) is 0.629. The van der Waals surface area contributed by atoms with Crippen molar-refractivity contribution in [2.75, 3.05) is 0 Å². The molecule has 0 saturated heterocycles. The summed E-state index contributed by atoms with van der Waals surface area (Å²) in [6.45, 7) is 9.25. The van der Waals surface area contributed by atoms with Crippen LogP contribution >= 0.6 is 0 Å². The fraction of sp³-hybridized carbons (Fsp3) is 0.471. The van der Waals surface area contributed by atoms with E-state index in [-0.39, 0.29) is 5.41 Å². The molecule has 1 aromatic carbocycles. The van der Waals surface area contributed by atoms with Gasteiger partial charge in [-0.3, -0.25) is 0 Å². The molecule has 1 aliphatic carbocycles. The minimum absolute atomic E-state index is 0.166. The van der Waals surface area contributed by atoms with Gasteiger partial charge in [-0.05, 0) is 17.8 Å². The quantitative estimate of drug-likeness (QED) is 0.650. The molecule has 0 spiro atoms.